The number of hydrogen-bond donors (Lipinski definition) is 0. The summed E-state index contributed by atoms with van der Waals surface area (Å²) in [6, 6.07) is 3.56. The molecular formula is C20H26N4O5S. The average molecular weight is 435 g/mol. The van der Waals surface area contributed by atoms with Gasteiger partial charge in [0.15, 0.2) is 5.13 Å². The van der Waals surface area contributed by atoms with Crippen LogP contribution in [0.1, 0.15) is 19.3 Å². The Labute approximate surface area is 179 Å². The number of methoxy groups -OCH3 is 2. The number of thiazole rings is 1. The molecule has 0 spiro atoms. The Balaban J connectivity index is 1.94. The summed E-state index contributed by atoms with van der Waals surface area (Å²) in [5.41, 5.74) is 0.607. The number of benzene rings is 1. The highest BCUT2D eigenvalue weighted by molar-refractivity contribution is 7.22. The predicted molar refractivity (Wildman–Crippen MR) is 114 cm³/mol. The van der Waals surface area contributed by atoms with Gasteiger partial charge in [-0.25, -0.2) is 4.98 Å². The first-order valence-corrected chi connectivity index (χ1v) is 10.5. The topological polar surface area (TPSA) is 92.3 Å². The van der Waals surface area contributed by atoms with Gasteiger partial charge in [-0.15, -0.1) is 0 Å². The molecule has 0 aliphatic carbocycles. The molecule has 0 radical (unpaired) electrons. The molecule has 9 nitrogen and oxygen atoms in total. The minimum absolute atomic E-state index is 0.155. The van der Waals surface area contributed by atoms with Crippen LogP contribution < -0.4 is 14.4 Å². The van der Waals surface area contributed by atoms with E-state index in [1.54, 1.807) is 31.3 Å². The first-order valence-electron chi connectivity index (χ1n) is 9.65. The van der Waals surface area contributed by atoms with Crippen LogP contribution in [0.5, 0.6) is 11.5 Å². The maximum atomic E-state index is 13.1. The molecule has 10 heteroatoms. The van der Waals surface area contributed by atoms with Gasteiger partial charge >= 0.3 is 0 Å². The highest BCUT2D eigenvalue weighted by Gasteiger charge is 2.33. The number of anilines is 1. The quantitative estimate of drug-likeness (QED) is 0.555. The van der Waals surface area contributed by atoms with E-state index in [0.29, 0.717) is 35.1 Å². The molecule has 0 atom stereocenters. The van der Waals surface area contributed by atoms with Crippen LogP contribution in [0.3, 0.4) is 0 Å². The van der Waals surface area contributed by atoms with Gasteiger partial charge in [-0.3, -0.25) is 24.2 Å². The van der Waals surface area contributed by atoms with Crippen LogP contribution in [0.4, 0.5) is 5.13 Å². The Morgan fingerprint density at radius 1 is 1.10 bits per heavy atom. The Morgan fingerprint density at radius 2 is 1.73 bits per heavy atom. The SMILES string of the molecule is COc1ccc(OC)c2sc(N(CCCN(C)C)C(=O)CN3C(=O)CCC3=O)nc12. The summed E-state index contributed by atoms with van der Waals surface area (Å²) in [5, 5.41) is 0.482. The highest BCUT2D eigenvalue weighted by Crippen LogP contribution is 2.40. The number of likely N-dealkylation sites (tertiary alicyclic amines) is 1. The molecule has 1 aromatic heterocycles. The van der Waals surface area contributed by atoms with E-state index in [-0.39, 0.29) is 37.1 Å². The standard InChI is InChI=1S/C20H26N4O5S/c1-22(2)10-5-11-23(17(27)12-24-15(25)8-9-16(24)26)20-21-18-13(28-3)6-7-14(29-4)19(18)30-20/h6-7H,5,8-12H2,1-4H3. The lowest BCUT2D eigenvalue weighted by Gasteiger charge is -2.23. The molecule has 0 saturated carbocycles. The molecule has 1 fully saturated rings. The maximum absolute atomic E-state index is 13.1. The summed E-state index contributed by atoms with van der Waals surface area (Å²) in [4.78, 5) is 46.3. The number of nitrogens with zero attached hydrogens (tertiary/aromatic N) is 4. The van der Waals surface area contributed by atoms with Crippen molar-refractivity contribution < 1.29 is 23.9 Å². The number of hydrogen-bond acceptors (Lipinski definition) is 8. The fourth-order valence-electron chi connectivity index (χ4n) is 3.28. The van der Waals surface area contributed by atoms with Crippen molar-refractivity contribution in [3.8, 4) is 11.5 Å². The number of carbonyl (C=O) groups is 3. The molecule has 1 saturated heterocycles. The van der Waals surface area contributed by atoms with Gasteiger partial charge in [-0.1, -0.05) is 11.3 Å². The molecule has 0 N–H and O–H groups in total. The predicted octanol–water partition coefficient (Wildman–Crippen LogP) is 1.75. The monoisotopic (exact) mass is 434 g/mol. The summed E-state index contributed by atoms with van der Waals surface area (Å²) < 4.78 is 11.6. The second kappa shape index (κ2) is 9.40. The minimum atomic E-state index is -0.339. The molecule has 162 valence electrons. The van der Waals surface area contributed by atoms with E-state index < -0.39 is 0 Å². The van der Waals surface area contributed by atoms with Crippen LogP contribution >= 0.6 is 11.3 Å². The third kappa shape index (κ3) is 4.54. The Kier molecular flexibility index (Phi) is 6.88. The van der Waals surface area contributed by atoms with Crippen molar-refractivity contribution in [2.24, 2.45) is 0 Å². The van der Waals surface area contributed by atoms with Gasteiger partial charge in [0.2, 0.25) is 17.7 Å². The first-order chi connectivity index (χ1) is 14.3. The maximum Gasteiger partial charge on any atom is 0.248 e. The lowest BCUT2D eigenvalue weighted by molar-refractivity contribution is -0.141. The molecule has 1 aliphatic heterocycles. The molecular weight excluding hydrogens is 408 g/mol. The van der Waals surface area contributed by atoms with E-state index >= 15 is 0 Å². The van der Waals surface area contributed by atoms with Crippen LogP contribution in [0, 0.1) is 0 Å². The fraction of sp³-hybridized carbons (Fsp3) is 0.500. The largest absolute Gasteiger partial charge is 0.495 e. The van der Waals surface area contributed by atoms with Crippen LogP contribution in [0.25, 0.3) is 10.2 Å². The molecule has 2 aromatic rings. The smallest absolute Gasteiger partial charge is 0.248 e. The van der Waals surface area contributed by atoms with Crippen molar-refractivity contribution in [2.75, 3.05) is 52.8 Å². The van der Waals surface area contributed by atoms with Gasteiger partial charge in [-0.2, -0.15) is 0 Å². The van der Waals surface area contributed by atoms with Gasteiger partial charge in [0, 0.05) is 19.4 Å². The van der Waals surface area contributed by atoms with Crippen LogP contribution in [-0.2, 0) is 14.4 Å². The van der Waals surface area contributed by atoms with Crippen LogP contribution in [0.15, 0.2) is 12.1 Å². The zero-order chi connectivity index (χ0) is 21.8. The number of ether oxygens (including phenoxy) is 2. The van der Waals surface area contributed by atoms with Gasteiger partial charge in [0.1, 0.15) is 28.3 Å². The number of aromatic nitrogens is 1. The molecule has 0 unspecified atom stereocenters. The third-order valence-corrected chi connectivity index (χ3v) is 5.96. The second-order valence-electron chi connectivity index (χ2n) is 7.22. The molecule has 1 aromatic carbocycles. The first kappa shape index (κ1) is 22.0. The van der Waals surface area contributed by atoms with Crippen molar-refractivity contribution in [1.82, 2.24) is 14.8 Å². The lowest BCUT2D eigenvalue weighted by Crippen LogP contribution is -2.43. The van der Waals surface area contributed by atoms with E-state index in [2.05, 4.69) is 4.98 Å². The Morgan fingerprint density at radius 3 is 2.33 bits per heavy atom. The Bertz CT molecular complexity index is 901. The Hall–Kier alpha value is -2.72. The number of fused-ring (bicyclic) bond motifs is 1. The van der Waals surface area contributed by atoms with E-state index in [4.69, 9.17) is 9.47 Å². The van der Waals surface area contributed by atoms with Gasteiger partial charge in [-0.05, 0) is 39.2 Å². The minimum Gasteiger partial charge on any atom is -0.495 e. The van der Waals surface area contributed by atoms with Gasteiger partial charge < -0.3 is 14.4 Å². The summed E-state index contributed by atoms with van der Waals surface area (Å²) >= 11 is 1.32. The summed E-state index contributed by atoms with van der Waals surface area (Å²) in [5.74, 6) is 0.261. The van der Waals surface area contributed by atoms with Crippen molar-refractivity contribution in [1.29, 1.82) is 0 Å². The van der Waals surface area contributed by atoms with E-state index in [1.165, 1.54) is 11.3 Å². The van der Waals surface area contributed by atoms with E-state index in [0.717, 1.165) is 16.1 Å². The van der Waals surface area contributed by atoms with Gasteiger partial charge in [0.05, 0.1) is 14.2 Å². The summed E-state index contributed by atoms with van der Waals surface area (Å²) in [6.45, 7) is 0.921. The normalized spacial score (nSPS) is 14.1. The van der Waals surface area contributed by atoms with Crippen LogP contribution in [-0.4, -0.2) is 80.5 Å². The van der Waals surface area contributed by atoms with E-state index in [9.17, 15) is 14.4 Å². The second-order valence-corrected chi connectivity index (χ2v) is 8.20. The van der Waals surface area contributed by atoms with Gasteiger partial charge in [0.25, 0.3) is 0 Å². The zero-order valence-electron chi connectivity index (χ0n) is 17.6. The van der Waals surface area contributed by atoms with Crippen molar-refractivity contribution in [2.45, 2.75) is 19.3 Å². The molecule has 0 bridgehead atoms. The molecule has 2 heterocycles. The van der Waals surface area contributed by atoms with Crippen LogP contribution in [0.2, 0.25) is 0 Å². The number of rotatable bonds is 9. The van der Waals surface area contributed by atoms with Crippen molar-refractivity contribution in [3.05, 3.63) is 12.1 Å². The third-order valence-electron chi connectivity index (χ3n) is 4.87. The highest BCUT2D eigenvalue weighted by atomic mass is 32.1. The number of carbonyl (C=O) groups excluding carboxylic acids is 3. The molecule has 30 heavy (non-hydrogen) atoms. The lowest BCUT2D eigenvalue weighted by atomic mass is 10.3. The molecule has 1 aliphatic rings. The van der Waals surface area contributed by atoms with E-state index in [1.807, 2.05) is 19.0 Å². The molecule has 3 amide bonds. The zero-order valence-corrected chi connectivity index (χ0v) is 18.5. The summed E-state index contributed by atoms with van der Waals surface area (Å²) in [7, 11) is 7.05. The number of imide groups is 1. The average Bonchev–Trinajstić information content (AvgIpc) is 3.29. The molecule has 3 rings (SSSR count). The van der Waals surface area contributed by atoms with Crippen molar-refractivity contribution >= 4 is 44.4 Å². The number of amides is 3. The summed E-state index contributed by atoms with van der Waals surface area (Å²) in [6.07, 6.45) is 1.02. The van der Waals surface area contributed by atoms with Crippen molar-refractivity contribution in [3.63, 3.8) is 0 Å². The fourth-order valence-corrected chi connectivity index (χ4v) is 4.40.